The maximum Gasteiger partial charge on any atom is 0.157 e. The van der Waals surface area contributed by atoms with Gasteiger partial charge in [0.1, 0.15) is 6.10 Å². The summed E-state index contributed by atoms with van der Waals surface area (Å²) in [5.41, 5.74) is 0. The molecular weight excluding hydrogens is 148 g/mol. The summed E-state index contributed by atoms with van der Waals surface area (Å²) >= 11 is 0. The highest BCUT2D eigenvalue weighted by atomic mass is 16.6. The second-order valence-corrected chi connectivity index (χ2v) is 3.03. The zero-order chi connectivity index (χ0) is 8.43. The smallest absolute Gasteiger partial charge is 0.157 e. The molecule has 4 heteroatoms. The Morgan fingerprint density at radius 2 is 2.09 bits per heavy atom. The van der Waals surface area contributed by atoms with E-state index in [1.807, 2.05) is 0 Å². The molecule has 0 radical (unpaired) electrons. The molecule has 1 saturated heterocycles. The molecule has 0 aromatic rings. The summed E-state index contributed by atoms with van der Waals surface area (Å²) in [5, 5.41) is 27.1. The third-order valence-electron chi connectivity index (χ3n) is 2.02. The minimum absolute atomic E-state index is 0.0622. The molecule has 0 amide bonds. The van der Waals surface area contributed by atoms with Crippen LogP contribution in [0.3, 0.4) is 0 Å². The van der Waals surface area contributed by atoms with Gasteiger partial charge in [0.15, 0.2) is 6.29 Å². The predicted molar refractivity (Wildman–Crippen MR) is 37.8 cm³/mol. The summed E-state index contributed by atoms with van der Waals surface area (Å²) in [4.78, 5) is 0. The summed E-state index contributed by atoms with van der Waals surface area (Å²) in [5.74, 6) is -0.0622. The molecule has 0 bridgehead atoms. The van der Waals surface area contributed by atoms with Crippen LogP contribution in [0.5, 0.6) is 0 Å². The average molecular weight is 162 g/mol. The van der Waals surface area contributed by atoms with Crippen LogP contribution in [0.1, 0.15) is 13.3 Å². The molecule has 0 aromatic heterocycles. The van der Waals surface area contributed by atoms with Gasteiger partial charge < -0.3 is 20.1 Å². The Bertz CT molecular complexity index is 128. The van der Waals surface area contributed by atoms with Gasteiger partial charge in [0.25, 0.3) is 0 Å². The monoisotopic (exact) mass is 162 g/mol. The Morgan fingerprint density at radius 1 is 1.45 bits per heavy atom. The van der Waals surface area contributed by atoms with Gasteiger partial charge >= 0.3 is 0 Å². The van der Waals surface area contributed by atoms with Gasteiger partial charge in [-0.25, -0.2) is 0 Å². The fourth-order valence-corrected chi connectivity index (χ4v) is 1.22. The van der Waals surface area contributed by atoms with Crippen LogP contribution in [0.25, 0.3) is 0 Å². The number of hydrogen-bond acceptors (Lipinski definition) is 4. The van der Waals surface area contributed by atoms with E-state index in [0.717, 1.165) is 0 Å². The van der Waals surface area contributed by atoms with E-state index < -0.39 is 18.5 Å². The second-order valence-electron chi connectivity index (χ2n) is 3.03. The first kappa shape index (κ1) is 8.93. The van der Waals surface area contributed by atoms with Crippen LogP contribution < -0.4 is 0 Å². The lowest BCUT2D eigenvalue weighted by atomic mass is 9.96. The lowest BCUT2D eigenvalue weighted by Crippen LogP contribution is -2.45. The molecule has 11 heavy (non-hydrogen) atoms. The van der Waals surface area contributed by atoms with Crippen molar-refractivity contribution in [1.82, 2.24) is 0 Å². The first-order valence-corrected chi connectivity index (χ1v) is 3.77. The lowest BCUT2D eigenvalue weighted by molar-refractivity contribution is -0.231. The second kappa shape index (κ2) is 3.49. The largest absolute Gasteiger partial charge is 0.394 e. The van der Waals surface area contributed by atoms with Crippen LogP contribution in [-0.4, -0.2) is 40.4 Å². The van der Waals surface area contributed by atoms with Crippen molar-refractivity contribution in [2.75, 3.05) is 6.61 Å². The van der Waals surface area contributed by atoms with Gasteiger partial charge in [0, 0.05) is 5.92 Å². The summed E-state index contributed by atoms with van der Waals surface area (Å²) in [7, 11) is 0. The zero-order valence-corrected chi connectivity index (χ0v) is 6.47. The Labute approximate surface area is 65.4 Å². The number of rotatable bonds is 1. The highest BCUT2D eigenvalue weighted by molar-refractivity contribution is 4.77. The van der Waals surface area contributed by atoms with E-state index in [1.165, 1.54) is 0 Å². The van der Waals surface area contributed by atoms with Crippen molar-refractivity contribution >= 4 is 0 Å². The highest BCUT2D eigenvalue weighted by Gasteiger charge is 2.32. The number of ether oxygens (including phenoxy) is 1. The first-order valence-electron chi connectivity index (χ1n) is 3.77. The van der Waals surface area contributed by atoms with E-state index in [4.69, 9.17) is 14.9 Å². The van der Waals surface area contributed by atoms with Crippen LogP contribution in [0.2, 0.25) is 0 Å². The number of aliphatic hydroxyl groups excluding tert-OH is 3. The van der Waals surface area contributed by atoms with Gasteiger partial charge in [-0.2, -0.15) is 0 Å². The average Bonchev–Trinajstić information content (AvgIpc) is 1.97. The summed E-state index contributed by atoms with van der Waals surface area (Å²) in [6, 6.07) is 0. The quantitative estimate of drug-likeness (QED) is 0.466. The minimum Gasteiger partial charge on any atom is -0.394 e. The molecule has 1 fully saturated rings. The van der Waals surface area contributed by atoms with Gasteiger partial charge in [-0.3, -0.25) is 0 Å². The summed E-state index contributed by atoms with van der Waals surface area (Å²) in [6.07, 6.45) is -1.65. The topological polar surface area (TPSA) is 69.9 Å². The summed E-state index contributed by atoms with van der Waals surface area (Å²) < 4.78 is 4.92. The molecule has 0 aromatic carbocycles. The Balaban J connectivity index is 2.48. The maximum absolute atomic E-state index is 9.26. The Kier molecular flexibility index (Phi) is 2.84. The molecule has 3 N–H and O–H groups in total. The fraction of sp³-hybridized carbons (Fsp3) is 1.00. The first-order chi connectivity index (χ1) is 5.15. The van der Waals surface area contributed by atoms with Crippen molar-refractivity contribution < 1.29 is 20.1 Å². The van der Waals surface area contributed by atoms with E-state index in [9.17, 15) is 5.11 Å². The minimum atomic E-state index is -0.851. The molecule has 4 nitrogen and oxygen atoms in total. The van der Waals surface area contributed by atoms with Gasteiger partial charge in [-0.15, -0.1) is 0 Å². The van der Waals surface area contributed by atoms with Crippen molar-refractivity contribution in [3.8, 4) is 0 Å². The number of aliphatic hydroxyl groups is 3. The fourth-order valence-electron chi connectivity index (χ4n) is 1.22. The van der Waals surface area contributed by atoms with Crippen LogP contribution in [0.4, 0.5) is 0 Å². The molecule has 4 atom stereocenters. The molecular formula is C7H14O4. The van der Waals surface area contributed by atoms with Gasteiger partial charge in [0.05, 0.1) is 12.7 Å². The molecule has 1 rings (SSSR count). The Morgan fingerprint density at radius 3 is 2.64 bits per heavy atom. The highest BCUT2D eigenvalue weighted by Crippen LogP contribution is 2.23. The van der Waals surface area contributed by atoms with Crippen LogP contribution in [-0.2, 0) is 4.74 Å². The molecule has 0 aliphatic carbocycles. The molecule has 0 saturated carbocycles. The molecule has 1 aliphatic rings. The van der Waals surface area contributed by atoms with Crippen molar-refractivity contribution in [2.45, 2.75) is 31.8 Å². The van der Waals surface area contributed by atoms with E-state index in [2.05, 4.69) is 0 Å². The van der Waals surface area contributed by atoms with Gasteiger partial charge in [-0.1, -0.05) is 6.92 Å². The van der Waals surface area contributed by atoms with E-state index in [0.29, 0.717) is 6.42 Å². The lowest BCUT2D eigenvalue weighted by Gasteiger charge is -2.34. The summed E-state index contributed by atoms with van der Waals surface area (Å²) in [6.45, 7) is 1.55. The van der Waals surface area contributed by atoms with Gasteiger partial charge in [-0.05, 0) is 6.42 Å². The third-order valence-corrected chi connectivity index (χ3v) is 2.02. The van der Waals surface area contributed by atoms with E-state index >= 15 is 0 Å². The van der Waals surface area contributed by atoms with Crippen LogP contribution in [0.15, 0.2) is 0 Å². The Hall–Kier alpha value is -0.160. The molecule has 1 aliphatic heterocycles. The molecule has 66 valence electrons. The van der Waals surface area contributed by atoms with Crippen molar-refractivity contribution in [1.29, 1.82) is 0 Å². The molecule has 1 heterocycles. The number of hydrogen-bond donors (Lipinski definition) is 3. The van der Waals surface area contributed by atoms with E-state index in [-0.39, 0.29) is 12.5 Å². The SMILES string of the molecule is C[C@@H]1CC(O)[C@H](CO)OC1O. The van der Waals surface area contributed by atoms with E-state index in [1.54, 1.807) is 6.92 Å². The standard InChI is InChI=1S/C7H14O4/c1-4-2-5(9)6(3-8)11-7(4)10/h4-10H,2-3H2,1H3/t4-,5?,6+,7?/m1/s1. The molecule has 2 unspecified atom stereocenters. The van der Waals surface area contributed by atoms with Crippen LogP contribution >= 0.6 is 0 Å². The van der Waals surface area contributed by atoms with Crippen molar-refractivity contribution in [3.05, 3.63) is 0 Å². The maximum atomic E-state index is 9.26. The predicted octanol–water partition coefficient (Wildman–Crippen LogP) is -0.917. The third kappa shape index (κ3) is 1.90. The normalized spacial score (nSPS) is 45.8. The zero-order valence-electron chi connectivity index (χ0n) is 6.47. The van der Waals surface area contributed by atoms with Crippen molar-refractivity contribution in [2.24, 2.45) is 5.92 Å². The van der Waals surface area contributed by atoms with Crippen LogP contribution in [0, 0.1) is 5.92 Å². The molecule has 0 spiro atoms. The van der Waals surface area contributed by atoms with Crippen molar-refractivity contribution in [3.63, 3.8) is 0 Å². The van der Waals surface area contributed by atoms with Gasteiger partial charge in [0.2, 0.25) is 0 Å².